The highest BCUT2D eigenvalue weighted by Gasteiger charge is 2.28. The van der Waals surface area contributed by atoms with Crippen LogP contribution < -0.4 is 4.74 Å². The maximum absolute atomic E-state index is 12.5. The van der Waals surface area contributed by atoms with E-state index in [0.29, 0.717) is 17.3 Å². The van der Waals surface area contributed by atoms with Gasteiger partial charge in [0.2, 0.25) is 11.6 Å². The molecule has 0 aliphatic heterocycles. The Labute approximate surface area is 153 Å². The molecule has 0 unspecified atom stereocenters. The number of aryl methyl sites for hydroxylation is 1. The lowest BCUT2D eigenvalue weighted by Crippen LogP contribution is -2.24. The molecular formula is C19H25N3O4. The van der Waals surface area contributed by atoms with Gasteiger partial charge in [-0.2, -0.15) is 0 Å². The Morgan fingerprint density at radius 3 is 2.50 bits per heavy atom. The molecule has 26 heavy (non-hydrogen) atoms. The summed E-state index contributed by atoms with van der Waals surface area (Å²) >= 11 is 0. The topological polar surface area (TPSA) is 87.3 Å². The molecule has 0 amide bonds. The summed E-state index contributed by atoms with van der Waals surface area (Å²) in [5.41, 5.74) is 0.540. The van der Waals surface area contributed by atoms with E-state index in [2.05, 4.69) is 15.1 Å². The minimum absolute atomic E-state index is 0.203. The zero-order valence-corrected chi connectivity index (χ0v) is 15.7. The number of rotatable bonds is 4. The first-order chi connectivity index (χ1) is 12.3. The first kappa shape index (κ1) is 18.4. The van der Waals surface area contributed by atoms with E-state index in [1.165, 1.54) is 25.5 Å². The van der Waals surface area contributed by atoms with E-state index in [0.717, 1.165) is 12.8 Å². The molecule has 0 bridgehead atoms. The molecule has 2 aromatic heterocycles. The van der Waals surface area contributed by atoms with Gasteiger partial charge in [0.15, 0.2) is 0 Å². The van der Waals surface area contributed by atoms with Gasteiger partial charge in [-0.15, -0.1) is 0 Å². The zero-order chi connectivity index (χ0) is 18.7. The van der Waals surface area contributed by atoms with Gasteiger partial charge in [-0.3, -0.25) is 0 Å². The zero-order valence-electron chi connectivity index (χ0n) is 15.7. The van der Waals surface area contributed by atoms with E-state index in [4.69, 9.17) is 14.0 Å². The highest BCUT2D eigenvalue weighted by atomic mass is 16.6. The van der Waals surface area contributed by atoms with Crippen LogP contribution in [0, 0.1) is 6.92 Å². The van der Waals surface area contributed by atoms with Crippen LogP contribution in [0.1, 0.15) is 68.9 Å². The second-order valence-corrected chi connectivity index (χ2v) is 7.59. The summed E-state index contributed by atoms with van der Waals surface area (Å²) in [5, 5.41) is 3.89. The predicted molar refractivity (Wildman–Crippen MR) is 94.9 cm³/mol. The quantitative estimate of drug-likeness (QED) is 0.759. The van der Waals surface area contributed by atoms with E-state index in [9.17, 15) is 4.79 Å². The lowest BCUT2D eigenvalue weighted by Gasteiger charge is -2.22. The van der Waals surface area contributed by atoms with Gasteiger partial charge in [0.1, 0.15) is 23.0 Å². The molecule has 1 aliphatic carbocycles. The van der Waals surface area contributed by atoms with Gasteiger partial charge in [0.25, 0.3) is 0 Å². The van der Waals surface area contributed by atoms with Crippen molar-refractivity contribution in [3.8, 4) is 17.3 Å². The van der Waals surface area contributed by atoms with E-state index in [1.54, 1.807) is 13.1 Å². The maximum atomic E-state index is 12.5. The molecule has 0 spiro atoms. The third-order valence-electron chi connectivity index (χ3n) is 4.17. The predicted octanol–water partition coefficient (Wildman–Crippen LogP) is 4.11. The molecule has 0 N–H and O–H groups in total. The Morgan fingerprint density at radius 1 is 1.15 bits per heavy atom. The average molecular weight is 359 g/mol. The summed E-state index contributed by atoms with van der Waals surface area (Å²) in [6.07, 6.45) is 9.03. The number of aromatic nitrogens is 3. The molecule has 0 atom stereocenters. The fourth-order valence-electron chi connectivity index (χ4n) is 2.96. The van der Waals surface area contributed by atoms with Gasteiger partial charge >= 0.3 is 5.97 Å². The van der Waals surface area contributed by atoms with Crippen LogP contribution in [0.4, 0.5) is 0 Å². The van der Waals surface area contributed by atoms with Crippen LogP contribution in [0.5, 0.6) is 5.88 Å². The molecule has 1 aliphatic rings. The average Bonchev–Trinajstić information content (AvgIpc) is 2.97. The Morgan fingerprint density at radius 2 is 1.88 bits per heavy atom. The third-order valence-corrected chi connectivity index (χ3v) is 4.17. The summed E-state index contributed by atoms with van der Waals surface area (Å²) in [4.78, 5) is 21.1. The van der Waals surface area contributed by atoms with Crippen molar-refractivity contribution in [3.63, 3.8) is 0 Å². The van der Waals surface area contributed by atoms with E-state index >= 15 is 0 Å². The fourth-order valence-corrected chi connectivity index (χ4v) is 2.96. The number of carbonyl (C=O) groups is 1. The highest BCUT2D eigenvalue weighted by molar-refractivity contribution is 5.96. The minimum Gasteiger partial charge on any atom is -0.473 e. The van der Waals surface area contributed by atoms with Crippen molar-refractivity contribution in [2.24, 2.45) is 0 Å². The molecule has 3 rings (SSSR count). The van der Waals surface area contributed by atoms with Gasteiger partial charge in [0, 0.05) is 0 Å². The normalized spacial score (nSPS) is 15.7. The van der Waals surface area contributed by atoms with Crippen molar-refractivity contribution in [2.75, 3.05) is 0 Å². The second kappa shape index (κ2) is 7.43. The SMILES string of the molecule is Cc1noc(-c2cnc(OC3CCCCC3)cn2)c1C(=O)OC(C)(C)C. The number of ether oxygens (including phenoxy) is 2. The Kier molecular flexibility index (Phi) is 5.25. The fraction of sp³-hybridized carbons (Fsp3) is 0.579. The number of hydrogen-bond acceptors (Lipinski definition) is 7. The van der Waals surface area contributed by atoms with Crippen molar-refractivity contribution >= 4 is 5.97 Å². The van der Waals surface area contributed by atoms with Crippen molar-refractivity contribution in [3.05, 3.63) is 23.7 Å². The van der Waals surface area contributed by atoms with E-state index in [-0.39, 0.29) is 17.4 Å². The Hall–Kier alpha value is -2.44. The number of hydrogen-bond donors (Lipinski definition) is 0. The smallest absolute Gasteiger partial charge is 0.344 e. The maximum Gasteiger partial charge on any atom is 0.344 e. The monoisotopic (exact) mass is 359 g/mol. The van der Waals surface area contributed by atoms with E-state index < -0.39 is 11.6 Å². The van der Waals surface area contributed by atoms with E-state index in [1.807, 2.05) is 20.8 Å². The molecule has 0 aromatic carbocycles. The number of esters is 1. The van der Waals surface area contributed by atoms with Crippen LogP contribution in [0.3, 0.4) is 0 Å². The summed E-state index contributed by atoms with van der Waals surface area (Å²) in [6.45, 7) is 7.13. The number of carbonyl (C=O) groups excluding carboxylic acids is 1. The minimum atomic E-state index is -0.610. The lowest BCUT2D eigenvalue weighted by molar-refractivity contribution is 0.00692. The van der Waals surface area contributed by atoms with Crippen molar-refractivity contribution < 1.29 is 18.8 Å². The van der Waals surface area contributed by atoms with Crippen LogP contribution in [0.2, 0.25) is 0 Å². The summed E-state index contributed by atoms with van der Waals surface area (Å²) < 4.78 is 16.6. The van der Waals surface area contributed by atoms with Gasteiger partial charge in [-0.05, 0) is 53.4 Å². The van der Waals surface area contributed by atoms with Crippen LogP contribution in [0.15, 0.2) is 16.9 Å². The van der Waals surface area contributed by atoms with Crippen molar-refractivity contribution in [1.82, 2.24) is 15.1 Å². The largest absolute Gasteiger partial charge is 0.473 e. The van der Waals surface area contributed by atoms with Gasteiger partial charge in [-0.1, -0.05) is 11.6 Å². The van der Waals surface area contributed by atoms with Crippen LogP contribution in [-0.2, 0) is 4.74 Å². The number of nitrogens with zero attached hydrogens (tertiary/aromatic N) is 3. The molecule has 0 saturated heterocycles. The highest BCUT2D eigenvalue weighted by Crippen LogP contribution is 2.28. The molecule has 1 fully saturated rings. The van der Waals surface area contributed by atoms with Gasteiger partial charge < -0.3 is 14.0 Å². The van der Waals surface area contributed by atoms with Crippen LogP contribution in [-0.4, -0.2) is 32.8 Å². The summed E-state index contributed by atoms with van der Waals surface area (Å²) in [6, 6.07) is 0. The summed E-state index contributed by atoms with van der Waals surface area (Å²) in [7, 11) is 0. The first-order valence-corrected chi connectivity index (χ1v) is 9.02. The third kappa shape index (κ3) is 4.39. The molecule has 7 heteroatoms. The second-order valence-electron chi connectivity index (χ2n) is 7.59. The molecule has 2 heterocycles. The van der Waals surface area contributed by atoms with Gasteiger partial charge in [0.05, 0.1) is 18.1 Å². The first-order valence-electron chi connectivity index (χ1n) is 9.02. The van der Waals surface area contributed by atoms with Crippen molar-refractivity contribution in [2.45, 2.75) is 71.5 Å². The van der Waals surface area contributed by atoms with Gasteiger partial charge in [-0.25, -0.2) is 14.8 Å². The molecule has 1 saturated carbocycles. The van der Waals surface area contributed by atoms with Crippen LogP contribution in [0.25, 0.3) is 11.5 Å². The molecule has 140 valence electrons. The Balaban J connectivity index is 1.78. The van der Waals surface area contributed by atoms with Crippen LogP contribution >= 0.6 is 0 Å². The van der Waals surface area contributed by atoms with Crippen molar-refractivity contribution in [1.29, 1.82) is 0 Å². The molecular weight excluding hydrogens is 334 g/mol. The lowest BCUT2D eigenvalue weighted by atomic mass is 9.98. The molecule has 0 radical (unpaired) electrons. The molecule has 7 nitrogen and oxygen atoms in total. The summed E-state index contributed by atoms with van der Waals surface area (Å²) in [5.74, 6) is 0.250. The Bertz CT molecular complexity index is 756. The standard InChI is InChI=1S/C19H25N3O4/c1-12-16(18(23)25-19(2,3)4)17(26-22-12)14-10-21-15(11-20-14)24-13-8-6-5-7-9-13/h10-11,13H,5-9H2,1-4H3. The molecule has 2 aromatic rings.